The Bertz CT molecular complexity index is 727. The average molecular weight is 319 g/mol. The van der Waals surface area contributed by atoms with Crippen molar-refractivity contribution in [2.45, 2.75) is 6.42 Å². The molecule has 1 aliphatic heterocycles. The maximum Gasteiger partial charge on any atom is 0.173 e. The minimum Gasteiger partial charge on any atom is -0.504 e. The first kappa shape index (κ1) is 14.7. The van der Waals surface area contributed by atoms with Gasteiger partial charge < -0.3 is 14.6 Å². The molecule has 3 rings (SSSR count). The van der Waals surface area contributed by atoms with Crippen LogP contribution in [-0.4, -0.2) is 24.6 Å². The van der Waals surface area contributed by atoms with E-state index in [0.29, 0.717) is 35.1 Å². The molecule has 0 amide bonds. The highest BCUT2D eigenvalue weighted by atomic mass is 35.5. The van der Waals surface area contributed by atoms with Gasteiger partial charge in [-0.25, -0.2) is 0 Å². The Balaban J connectivity index is 1.82. The van der Waals surface area contributed by atoms with Crippen LogP contribution in [0.1, 0.15) is 15.9 Å². The van der Waals surface area contributed by atoms with Crippen LogP contribution in [0.4, 0.5) is 0 Å². The quantitative estimate of drug-likeness (QED) is 0.941. The highest BCUT2D eigenvalue weighted by molar-refractivity contribution is 6.31. The summed E-state index contributed by atoms with van der Waals surface area (Å²) in [7, 11) is 1.49. The zero-order chi connectivity index (χ0) is 15.7. The van der Waals surface area contributed by atoms with E-state index in [1.807, 2.05) is 6.07 Å². The second-order valence-corrected chi connectivity index (χ2v) is 5.66. The van der Waals surface area contributed by atoms with Gasteiger partial charge in [-0.3, -0.25) is 4.79 Å². The van der Waals surface area contributed by atoms with Crippen LogP contribution in [0.15, 0.2) is 36.4 Å². The number of phenols is 1. The van der Waals surface area contributed by atoms with Crippen LogP contribution >= 0.6 is 11.6 Å². The smallest absolute Gasteiger partial charge is 0.173 e. The fourth-order valence-electron chi connectivity index (χ4n) is 2.61. The molecule has 1 atom stereocenters. The molecule has 1 heterocycles. The molecule has 0 fully saturated rings. The summed E-state index contributed by atoms with van der Waals surface area (Å²) < 4.78 is 10.7. The van der Waals surface area contributed by atoms with Crippen molar-refractivity contribution in [3.8, 4) is 17.2 Å². The second-order valence-electron chi connectivity index (χ2n) is 5.22. The van der Waals surface area contributed by atoms with E-state index in [4.69, 9.17) is 21.1 Å². The Morgan fingerprint density at radius 1 is 1.32 bits per heavy atom. The maximum absolute atomic E-state index is 12.6. The molecule has 1 N–H and O–H groups in total. The van der Waals surface area contributed by atoms with Gasteiger partial charge >= 0.3 is 0 Å². The van der Waals surface area contributed by atoms with E-state index in [-0.39, 0.29) is 17.5 Å². The first-order valence-corrected chi connectivity index (χ1v) is 7.28. The monoisotopic (exact) mass is 318 g/mol. The maximum atomic E-state index is 12.6. The number of methoxy groups -OCH3 is 1. The fraction of sp³-hybridized carbons (Fsp3) is 0.235. The number of rotatable bonds is 3. The first-order valence-electron chi connectivity index (χ1n) is 6.91. The molecule has 22 heavy (non-hydrogen) atoms. The van der Waals surface area contributed by atoms with Gasteiger partial charge in [0, 0.05) is 5.02 Å². The lowest BCUT2D eigenvalue weighted by molar-refractivity contribution is 0.0830. The molecule has 2 aromatic carbocycles. The van der Waals surface area contributed by atoms with Gasteiger partial charge in [-0.05, 0) is 42.3 Å². The zero-order valence-corrected chi connectivity index (χ0v) is 12.8. The van der Waals surface area contributed by atoms with Gasteiger partial charge in [-0.2, -0.15) is 0 Å². The van der Waals surface area contributed by atoms with Crippen molar-refractivity contribution in [1.29, 1.82) is 0 Å². The molecule has 5 heteroatoms. The molecule has 4 nitrogen and oxygen atoms in total. The molecular weight excluding hydrogens is 304 g/mol. The third-order valence-corrected chi connectivity index (χ3v) is 3.98. The summed E-state index contributed by atoms with van der Waals surface area (Å²) in [6, 6.07) is 10.2. The molecule has 2 aromatic rings. The van der Waals surface area contributed by atoms with Gasteiger partial charge in [0.2, 0.25) is 0 Å². The number of Topliss-reactive ketones (excluding diaryl/α,β-unsaturated/α-hetero) is 1. The summed E-state index contributed by atoms with van der Waals surface area (Å²) in [5.74, 6) is 0.765. The minimum atomic E-state index is -0.293. The molecule has 0 bridgehead atoms. The number of carbonyl (C=O) groups excluding carboxylic acids is 1. The van der Waals surface area contributed by atoms with E-state index in [2.05, 4.69) is 0 Å². The number of halogens is 1. The van der Waals surface area contributed by atoms with E-state index < -0.39 is 0 Å². The van der Waals surface area contributed by atoms with Crippen molar-refractivity contribution in [3.63, 3.8) is 0 Å². The van der Waals surface area contributed by atoms with E-state index in [1.54, 1.807) is 30.3 Å². The molecule has 1 aliphatic rings. The molecule has 0 radical (unpaired) electrons. The van der Waals surface area contributed by atoms with Gasteiger partial charge in [0.1, 0.15) is 5.75 Å². The van der Waals surface area contributed by atoms with Crippen LogP contribution in [-0.2, 0) is 6.42 Å². The lowest BCUT2D eigenvalue weighted by Gasteiger charge is -2.24. The first-order chi connectivity index (χ1) is 10.6. The van der Waals surface area contributed by atoms with Crippen molar-refractivity contribution in [1.82, 2.24) is 0 Å². The Kier molecular flexibility index (Phi) is 3.94. The largest absolute Gasteiger partial charge is 0.504 e. The lowest BCUT2D eigenvalue weighted by Crippen LogP contribution is -2.29. The average Bonchev–Trinajstić information content (AvgIpc) is 2.51. The number of phenolic OH excluding ortho intramolecular Hbond substituents is 1. The van der Waals surface area contributed by atoms with Crippen molar-refractivity contribution in [3.05, 3.63) is 52.5 Å². The molecule has 0 saturated heterocycles. The summed E-state index contributed by atoms with van der Waals surface area (Å²) in [6.45, 7) is 0.320. The molecule has 0 spiro atoms. The normalized spacial score (nSPS) is 16.8. The Morgan fingerprint density at radius 2 is 2.14 bits per heavy atom. The fourth-order valence-corrected chi connectivity index (χ4v) is 2.78. The van der Waals surface area contributed by atoms with Crippen LogP contribution in [0.5, 0.6) is 17.2 Å². The van der Waals surface area contributed by atoms with Crippen molar-refractivity contribution >= 4 is 17.4 Å². The lowest BCUT2D eigenvalue weighted by atomic mass is 9.89. The summed E-state index contributed by atoms with van der Waals surface area (Å²) >= 11 is 5.95. The van der Waals surface area contributed by atoms with Gasteiger partial charge in [0.05, 0.1) is 25.2 Å². The minimum absolute atomic E-state index is 0.0130. The van der Waals surface area contributed by atoms with Gasteiger partial charge in [0.15, 0.2) is 17.3 Å². The van der Waals surface area contributed by atoms with Crippen molar-refractivity contribution in [2.75, 3.05) is 13.7 Å². The third kappa shape index (κ3) is 2.74. The third-order valence-electron chi connectivity index (χ3n) is 3.74. The summed E-state index contributed by atoms with van der Waals surface area (Å²) in [5.41, 5.74) is 1.37. The number of fused-ring (bicyclic) bond motifs is 1. The van der Waals surface area contributed by atoms with Crippen LogP contribution < -0.4 is 9.47 Å². The number of aromatic hydroxyl groups is 1. The van der Waals surface area contributed by atoms with Crippen LogP contribution in [0.25, 0.3) is 0 Å². The van der Waals surface area contributed by atoms with Gasteiger partial charge in [-0.15, -0.1) is 0 Å². The topological polar surface area (TPSA) is 55.8 Å². The zero-order valence-electron chi connectivity index (χ0n) is 12.0. The van der Waals surface area contributed by atoms with Gasteiger partial charge in [0.25, 0.3) is 0 Å². The second kappa shape index (κ2) is 5.89. The van der Waals surface area contributed by atoms with E-state index in [0.717, 1.165) is 5.56 Å². The molecule has 0 saturated carbocycles. The van der Waals surface area contributed by atoms with Gasteiger partial charge in [-0.1, -0.05) is 17.7 Å². The number of ketones is 1. The number of ether oxygens (including phenoxy) is 2. The van der Waals surface area contributed by atoms with Crippen LogP contribution in [0.3, 0.4) is 0 Å². The SMILES string of the molecule is COc1ccc(CC2COc3ccc(Cl)cc3C2=O)cc1O. The van der Waals surface area contributed by atoms with E-state index in [9.17, 15) is 9.90 Å². The van der Waals surface area contributed by atoms with Crippen molar-refractivity contribution < 1.29 is 19.4 Å². The van der Waals surface area contributed by atoms with Crippen LogP contribution in [0.2, 0.25) is 5.02 Å². The standard InChI is InChI=1S/C17H15ClO4/c1-21-16-4-2-10(7-14(16)19)6-11-9-22-15-5-3-12(18)8-13(15)17(11)20/h2-5,7-8,11,19H,6,9H2,1H3. The number of benzene rings is 2. The molecule has 114 valence electrons. The highest BCUT2D eigenvalue weighted by Gasteiger charge is 2.29. The Labute approximate surface area is 133 Å². The van der Waals surface area contributed by atoms with Crippen LogP contribution in [0, 0.1) is 5.92 Å². The summed E-state index contributed by atoms with van der Waals surface area (Å²) in [4.78, 5) is 12.6. The predicted molar refractivity (Wildman–Crippen MR) is 83.1 cm³/mol. The Hall–Kier alpha value is -2.20. The molecule has 0 aliphatic carbocycles. The predicted octanol–water partition coefficient (Wildman–Crippen LogP) is 3.49. The molecule has 1 unspecified atom stereocenters. The highest BCUT2D eigenvalue weighted by Crippen LogP contribution is 2.32. The van der Waals surface area contributed by atoms with E-state index in [1.165, 1.54) is 7.11 Å². The number of hydrogen-bond acceptors (Lipinski definition) is 4. The number of hydrogen-bond donors (Lipinski definition) is 1. The summed E-state index contributed by atoms with van der Waals surface area (Å²) in [5, 5.41) is 10.3. The molecular formula is C17H15ClO4. The Morgan fingerprint density at radius 3 is 2.86 bits per heavy atom. The molecule has 0 aromatic heterocycles. The van der Waals surface area contributed by atoms with E-state index >= 15 is 0 Å². The summed E-state index contributed by atoms with van der Waals surface area (Å²) in [6.07, 6.45) is 0.488. The number of carbonyl (C=O) groups is 1. The van der Waals surface area contributed by atoms with Crippen molar-refractivity contribution in [2.24, 2.45) is 5.92 Å².